The zero-order valence-corrected chi connectivity index (χ0v) is 15.7. The molecule has 0 aromatic heterocycles. The molecule has 8 heteroatoms. The number of non-ortho nitro benzene ring substituents is 1. The van der Waals surface area contributed by atoms with E-state index >= 15 is 0 Å². The molecule has 1 aliphatic heterocycles. The molecule has 1 heterocycles. The van der Waals surface area contributed by atoms with Crippen molar-refractivity contribution in [3.63, 3.8) is 0 Å². The molecule has 1 aliphatic carbocycles. The molecule has 2 aliphatic rings. The van der Waals surface area contributed by atoms with Gasteiger partial charge in [0.1, 0.15) is 0 Å². The third-order valence-corrected chi connectivity index (χ3v) is 6.23. The lowest BCUT2D eigenvalue weighted by atomic mass is 9.64. The Morgan fingerprint density at radius 2 is 1.93 bits per heavy atom. The zero-order valence-electron chi connectivity index (χ0n) is 15.7. The second-order valence-electron chi connectivity index (χ2n) is 7.93. The second kappa shape index (κ2) is 6.57. The van der Waals surface area contributed by atoms with Gasteiger partial charge in [0.2, 0.25) is 5.91 Å². The molecule has 2 unspecified atom stereocenters. The van der Waals surface area contributed by atoms with Crippen molar-refractivity contribution < 1.29 is 22.9 Å². The smallest absolute Gasteiger partial charge is 0.352 e. The van der Waals surface area contributed by atoms with Crippen LogP contribution in [0.3, 0.4) is 0 Å². The Morgan fingerprint density at radius 1 is 1.17 bits per heavy atom. The number of rotatable bonds is 2. The van der Waals surface area contributed by atoms with Crippen LogP contribution in [0.15, 0.2) is 36.4 Å². The molecule has 2 aromatic carbocycles. The van der Waals surface area contributed by atoms with E-state index in [2.05, 4.69) is 12.2 Å². The van der Waals surface area contributed by atoms with Crippen LogP contribution in [0.25, 0.3) is 11.1 Å². The van der Waals surface area contributed by atoms with Crippen LogP contribution in [-0.4, -0.2) is 16.9 Å². The van der Waals surface area contributed by atoms with Crippen LogP contribution in [-0.2, 0) is 22.8 Å². The summed E-state index contributed by atoms with van der Waals surface area (Å²) in [6, 6.07) is 8.10. The van der Waals surface area contributed by atoms with Gasteiger partial charge in [0.15, 0.2) is 0 Å². The largest absolute Gasteiger partial charge is 0.417 e. The molecule has 5 nitrogen and oxygen atoms in total. The maximum Gasteiger partial charge on any atom is 0.417 e. The first-order chi connectivity index (χ1) is 13.6. The molecule has 0 spiro atoms. The number of benzene rings is 2. The Bertz CT molecular complexity index is 1020. The average molecular weight is 404 g/mol. The van der Waals surface area contributed by atoms with E-state index in [4.69, 9.17) is 0 Å². The second-order valence-corrected chi connectivity index (χ2v) is 7.93. The number of nitro groups is 1. The number of piperidine rings is 1. The predicted molar refractivity (Wildman–Crippen MR) is 100 cm³/mol. The van der Waals surface area contributed by atoms with E-state index in [1.165, 1.54) is 0 Å². The summed E-state index contributed by atoms with van der Waals surface area (Å²) in [6.45, 7) is 2.09. The van der Waals surface area contributed by atoms with E-state index in [1.807, 2.05) is 6.07 Å². The molecule has 1 amide bonds. The number of fused-ring (bicyclic) bond motifs is 3. The number of hydrogen-bond donors (Lipinski definition) is 1. The summed E-state index contributed by atoms with van der Waals surface area (Å²) in [5.74, 6) is 0.0354. The monoisotopic (exact) mass is 404 g/mol. The van der Waals surface area contributed by atoms with Crippen molar-refractivity contribution in [2.75, 3.05) is 0 Å². The molecule has 0 saturated carbocycles. The lowest BCUT2D eigenvalue weighted by molar-refractivity contribution is -0.385. The first-order valence-electron chi connectivity index (χ1n) is 9.38. The molecule has 2 atom stereocenters. The van der Waals surface area contributed by atoms with Crippen molar-refractivity contribution in [2.24, 2.45) is 0 Å². The van der Waals surface area contributed by atoms with Crippen molar-refractivity contribution >= 4 is 11.6 Å². The quantitative estimate of drug-likeness (QED) is 0.579. The number of nitrogens with zero attached hydrogens (tertiary/aromatic N) is 1. The average Bonchev–Trinajstić information content (AvgIpc) is 2.67. The van der Waals surface area contributed by atoms with Crippen LogP contribution < -0.4 is 5.32 Å². The molecule has 2 aromatic rings. The van der Waals surface area contributed by atoms with Gasteiger partial charge < -0.3 is 5.32 Å². The van der Waals surface area contributed by atoms with Crippen molar-refractivity contribution in [2.45, 2.75) is 50.2 Å². The summed E-state index contributed by atoms with van der Waals surface area (Å²) in [7, 11) is 0. The van der Waals surface area contributed by atoms with E-state index in [1.54, 1.807) is 12.1 Å². The molecule has 0 radical (unpaired) electrons. The van der Waals surface area contributed by atoms with Gasteiger partial charge in [-0.2, -0.15) is 13.2 Å². The first kappa shape index (κ1) is 19.4. The number of nitrogens with one attached hydrogen (secondary N) is 1. The first-order valence-corrected chi connectivity index (χ1v) is 9.38. The number of carbonyl (C=O) groups is 1. The van der Waals surface area contributed by atoms with Gasteiger partial charge in [0, 0.05) is 30.0 Å². The van der Waals surface area contributed by atoms with Crippen LogP contribution in [0.4, 0.5) is 18.9 Å². The van der Waals surface area contributed by atoms with Crippen molar-refractivity contribution in [3.8, 4) is 11.1 Å². The number of nitro benzene ring substituents is 1. The zero-order chi connectivity index (χ0) is 21.0. The highest BCUT2D eigenvalue weighted by molar-refractivity contribution is 5.78. The number of aryl methyl sites for hydroxylation is 1. The van der Waals surface area contributed by atoms with Gasteiger partial charge in [0.25, 0.3) is 5.69 Å². The maximum atomic E-state index is 13.6. The van der Waals surface area contributed by atoms with Crippen LogP contribution in [0.5, 0.6) is 0 Å². The van der Waals surface area contributed by atoms with E-state index < -0.39 is 22.4 Å². The fraction of sp³-hybridized carbons (Fsp3) is 0.381. The maximum absolute atomic E-state index is 13.6. The van der Waals surface area contributed by atoms with Gasteiger partial charge in [-0.3, -0.25) is 14.9 Å². The van der Waals surface area contributed by atoms with E-state index in [9.17, 15) is 28.1 Å². The minimum absolute atomic E-state index is 0.0206. The Balaban J connectivity index is 1.80. The predicted octanol–water partition coefficient (Wildman–Crippen LogP) is 4.76. The summed E-state index contributed by atoms with van der Waals surface area (Å²) in [5.41, 5.74) is 0.464. The Labute approximate surface area is 165 Å². The van der Waals surface area contributed by atoms with Crippen LogP contribution in [0.2, 0.25) is 0 Å². The summed E-state index contributed by atoms with van der Waals surface area (Å²) in [6.07, 6.45) is -2.21. The minimum Gasteiger partial charge on any atom is -0.352 e. The Morgan fingerprint density at radius 3 is 2.62 bits per heavy atom. The summed E-state index contributed by atoms with van der Waals surface area (Å²) < 4.78 is 40.7. The number of halogens is 3. The van der Waals surface area contributed by atoms with Gasteiger partial charge in [0.05, 0.1) is 10.5 Å². The Kier molecular flexibility index (Phi) is 4.40. The van der Waals surface area contributed by atoms with E-state index in [0.29, 0.717) is 30.9 Å². The third kappa shape index (κ3) is 3.26. The van der Waals surface area contributed by atoms with Gasteiger partial charge >= 0.3 is 6.18 Å². The fourth-order valence-corrected chi connectivity index (χ4v) is 4.64. The minimum atomic E-state index is -4.71. The molecule has 1 N–H and O–H groups in total. The molecule has 0 bridgehead atoms. The molecule has 1 fully saturated rings. The lowest BCUT2D eigenvalue weighted by Crippen LogP contribution is -2.55. The topological polar surface area (TPSA) is 72.2 Å². The summed E-state index contributed by atoms with van der Waals surface area (Å²) in [5, 5.41) is 14.0. The molecule has 4 rings (SSSR count). The van der Waals surface area contributed by atoms with Gasteiger partial charge in [-0.05, 0) is 47.6 Å². The van der Waals surface area contributed by atoms with Crippen LogP contribution >= 0.6 is 0 Å². The molecule has 1 saturated heterocycles. The van der Waals surface area contributed by atoms with Gasteiger partial charge in [-0.25, -0.2) is 0 Å². The van der Waals surface area contributed by atoms with Crippen molar-refractivity contribution in [3.05, 3.63) is 63.2 Å². The molecular weight excluding hydrogens is 385 g/mol. The third-order valence-electron chi connectivity index (χ3n) is 6.23. The fourth-order valence-electron chi connectivity index (χ4n) is 4.64. The molecule has 152 valence electrons. The molecular formula is C21H19F3N2O3. The number of amides is 1. The van der Waals surface area contributed by atoms with Crippen molar-refractivity contribution in [1.82, 2.24) is 5.32 Å². The summed E-state index contributed by atoms with van der Waals surface area (Å²) >= 11 is 0. The number of carbonyl (C=O) groups excluding carboxylic acids is 1. The van der Waals surface area contributed by atoms with Crippen molar-refractivity contribution in [1.29, 1.82) is 0 Å². The number of hydrogen-bond acceptors (Lipinski definition) is 3. The van der Waals surface area contributed by atoms with Crippen LogP contribution in [0.1, 0.15) is 42.9 Å². The highest BCUT2D eigenvalue weighted by Crippen LogP contribution is 2.45. The normalized spacial score (nSPS) is 23.7. The van der Waals surface area contributed by atoms with Crippen LogP contribution in [0, 0.1) is 10.1 Å². The van der Waals surface area contributed by atoms with Gasteiger partial charge in [-0.15, -0.1) is 0 Å². The molecule has 29 heavy (non-hydrogen) atoms. The summed E-state index contributed by atoms with van der Waals surface area (Å²) in [4.78, 5) is 21.8. The standard InChI is InChI=1S/C21H19F3N2O3/c1-20-9-8-19(27)25-18(20)7-3-13-10-12(2-6-16(13)20)15-5-4-14(26(28)29)11-17(15)21(22,23)24/h2,4-6,10-11,18H,3,7-9H2,1H3,(H,25,27). The van der Waals surface area contributed by atoms with E-state index in [-0.39, 0.29) is 22.9 Å². The SMILES string of the molecule is CC12CCC(=O)NC1CCc1cc(-c3ccc([N+](=O)[O-])cc3C(F)(F)F)ccc12. The number of alkyl halides is 3. The highest BCUT2D eigenvalue weighted by Gasteiger charge is 2.44. The van der Waals surface area contributed by atoms with Gasteiger partial charge in [-0.1, -0.05) is 25.1 Å². The van der Waals surface area contributed by atoms with E-state index in [0.717, 1.165) is 29.7 Å². The highest BCUT2D eigenvalue weighted by atomic mass is 19.4. The lowest BCUT2D eigenvalue weighted by Gasteiger charge is -2.46. The Hall–Kier alpha value is -2.90.